The summed E-state index contributed by atoms with van der Waals surface area (Å²) in [7, 11) is 1.44. The number of nitro groups is 1. The summed E-state index contributed by atoms with van der Waals surface area (Å²) in [6.07, 6.45) is 0. The molecule has 0 unspecified atom stereocenters. The molecule has 0 aliphatic carbocycles. The summed E-state index contributed by atoms with van der Waals surface area (Å²) < 4.78 is 18.7. The fourth-order valence-corrected chi connectivity index (χ4v) is 1.94. The molecule has 5 nitrogen and oxygen atoms in total. The number of nitrogens with zero attached hydrogens (tertiary/aromatic N) is 1. The Bertz CT molecular complexity index is 674. The molecule has 2 aromatic rings. The smallest absolute Gasteiger partial charge is 0.273 e. The minimum atomic E-state index is -0.487. The maximum atomic E-state index is 13.6. The van der Waals surface area contributed by atoms with Crippen LogP contribution in [0.4, 0.5) is 15.8 Å². The van der Waals surface area contributed by atoms with Crippen LogP contribution in [-0.2, 0) is 6.54 Å². The second kappa shape index (κ2) is 6.21. The standard InChI is InChI=1S/C15H15FN2O3/c1-10-3-4-14(16)15(5-10)17-9-11-6-12(18(19)20)8-13(7-11)21-2/h3-8,17H,9H2,1-2H3. The number of methoxy groups -OCH3 is 1. The molecule has 0 radical (unpaired) electrons. The second-order valence-electron chi connectivity index (χ2n) is 4.63. The minimum absolute atomic E-state index is 0.0594. The summed E-state index contributed by atoms with van der Waals surface area (Å²) in [6.45, 7) is 2.12. The first-order valence-electron chi connectivity index (χ1n) is 6.32. The van der Waals surface area contributed by atoms with Crippen LogP contribution in [0.1, 0.15) is 11.1 Å². The molecule has 0 aromatic heterocycles. The quantitative estimate of drug-likeness (QED) is 0.674. The third-order valence-corrected chi connectivity index (χ3v) is 3.00. The van der Waals surface area contributed by atoms with E-state index >= 15 is 0 Å². The lowest BCUT2D eigenvalue weighted by Gasteiger charge is -2.10. The average Bonchev–Trinajstić information content (AvgIpc) is 2.47. The lowest BCUT2D eigenvalue weighted by atomic mass is 10.1. The van der Waals surface area contributed by atoms with Crippen LogP contribution in [0.25, 0.3) is 0 Å². The molecule has 2 aromatic carbocycles. The normalized spacial score (nSPS) is 10.2. The molecule has 0 amide bonds. The van der Waals surface area contributed by atoms with E-state index in [1.54, 1.807) is 18.2 Å². The molecule has 21 heavy (non-hydrogen) atoms. The van der Waals surface area contributed by atoms with Gasteiger partial charge >= 0.3 is 0 Å². The van der Waals surface area contributed by atoms with Gasteiger partial charge in [-0.25, -0.2) is 4.39 Å². The molecule has 6 heteroatoms. The maximum Gasteiger partial charge on any atom is 0.273 e. The van der Waals surface area contributed by atoms with Crippen LogP contribution in [0.3, 0.4) is 0 Å². The van der Waals surface area contributed by atoms with E-state index in [-0.39, 0.29) is 18.0 Å². The number of hydrogen-bond acceptors (Lipinski definition) is 4. The van der Waals surface area contributed by atoms with Gasteiger partial charge in [-0.1, -0.05) is 6.07 Å². The Morgan fingerprint density at radius 1 is 1.29 bits per heavy atom. The third kappa shape index (κ3) is 3.68. The van der Waals surface area contributed by atoms with E-state index in [1.165, 1.54) is 25.3 Å². The van der Waals surface area contributed by atoms with E-state index in [2.05, 4.69) is 5.32 Å². The van der Waals surface area contributed by atoms with E-state index in [4.69, 9.17) is 4.74 Å². The van der Waals surface area contributed by atoms with Crippen molar-refractivity contribution < 1.29 is 14.1 Å². The highest BCUT2D eigenvalue weighted by atomic mass is 19.1. The first-order chi connectivity index (χ1) is 9.99. The molecule has 0 aliphatic rings. The van der Waals surface area contributed by atoms with Gasteiger partial charge in [0.25, 0.3) is 5.69 Å². The van der Waals surface area contributed by atoms with E-state index in [0.717, 1.165) is 5.56 Å². The molecule has 0 heterocycles. The highest BCUT2D eigenvalue weighted by Gasteiger charge is 2.10. The molecule has 0 fully saturated rings. The number of nitro benzene ring substituents is 1. The van der Waals surface area contributed by atoms with Crippen LogP contribution in [0.2, 0.25) is 0 Å². The average molecular weight is 290 g/mol. The van der Waals surface area contributed by atoms with Gasteiger partial charge in [-0.15, -0.1) is 0 Å². The molecule has 110 valence electrons. The van der Waals surface area contributed by atoms with Crippen LogP contribution in [0.5, 0.6) is 5.75 Å². The Labute approximate surface area is 121 Å². The number of rotatable bonds is 5. The molecule has 0 spiro atoms. The van der Waals surface area contributed by atoms with Crippen LogP contribution < -0.4 is 10.1 Å². The van der Waals surface area contributed by atoms with Gasteiger partial charge in [0.1, 0.15) is 11.6 Å². The SMILES string of the molecule is COc1cc(CNc2cc(C)ccc2F)cc([N+](=O)[O-])c1. The van der Waals surface area contributed by atoms with Crippen molar-refractivity contribution >= 4 is 11.4 Å². The van der Waals surface area contributed by atoms with Gasteiger partial charge in [0.15, 0.2) is 0 Å². The molecule has 0 saturated heterocycles. The van der Waals surface area contributed by atoms with Gasteiger partial charge < -0.3 is 10.1 Å². The number of benzene rings is 2. The highest BCUT2D eigenvalue weighted by molar-refractivity contribution is 5.49. The number of aryl methyl sites for hydroxylation is 1. The fourth-order valence-electron chi connectivity index (χ4n) is 1.94. The van der Waals surface area contributed by atoms with E-state index in [1.807, 2.05) is 6.92 Å². The summed E-state index contributed by atoms with van der Waals surface area (Å²) >= 11 is 0. The zero-order valence-corrected chi connectivity index (χ0v) is 11.7. The number of anilines is 1. The van der Waals surface area contributed by atoms with Gasteiger partial charge in [-0.3, -0.25) is 10.1 Å². The zero-order chi connectivity index (χ0) is 15.4. The van der Waals surface area contributed by atoms with E-state index < -0.39 is 4.92 Å². The number of non-ortho nitro benzene ring substituents is 1. The summed E-state index contributed by atoms with van der Waals surface area (Å²) in [5.41, 5.74) is 1.87. The molecule has 1 N–H and O–H groups in total. The number of nitrogens with one attached hydrogen (secondary N) is 1. The van der Waals surface area contributed by atoms with Crippen molar-refractivity contribution in [3.05, 3.63) is 63.5 Å². The fraction of sp³-hybridized carbons (Fsp3) is 0.200. The summed E-state index contributed by atoms with van der Waals surface area (Å²) in [5.74, 6) is 0.0312. The molecule has 0 saturated carbocycles. The number of hydrogen-bond donors (Lipinski definition) is 1. The van der Waals surface area contributed by atoms with Crippen molar-refractivity contribution in [1.82, 2.24) is 0 Å². The Balaban J connectivity index is 2.21. The van der Waals surface area contributed by atoms with Gasteiger partial charge in [-0.2, -0.15) is 0 Å². The summed E-state index contributed by atoms with van der Waals surface area (Å²) in [6, 6.07) is 9.19. The molecule has 0 atom stereocenters. The Hall–Kier alpha value is -2.63. The van der Waals surface area contributed by atoms with E-state index in [0.29, 0.717) is 17.0 Å². The van der Waals surface area contributed by atoms with Crippen molar-refractivity contribution in [1.29, 1.82) is 0 Å². The summed E-state index contributed by atoms with van der Waals surface area (Å²) in [5, 5.41) is 13.8. The molecule has 2 rings (SSSR count). The predicted molar refractivity (Wildman–Crippen MR) is 78.1 cm³/mol. The van der Waals surface area contributed by atoms with Crippen LogP contribution in [0, 0.1) is 22.9 Å². The number of halogens is 1. The zero-order valence-electron chi connectivity index (χ0n) is 11.7. The van der Waals surface area contributed by atoms with E-state index in [9.17, 15) is 14.5 Å². The molecule has 0 aliphatic heterocycles. The Morgan fingerprint density at radius 3 is 2.71 bits per heavy atom. The van der Waals surface area contributed by atoms with Gasteiger partial charge in [-0.05, 0) is 36.2 Å². The van der Waals surface area contributed by atoms with Crippen LogP contribution in [-0.4, -0.2) is 12.0 Å². The van der Waals surface area contributed by atoms with Crippen molar-refractivity contribution in [3.8, 4) is 5.75 Å². The van der Waals surface area contributed by atoms with Crippen molar-refractivity contribution in [2.24, 2.45) is 0 Å². The monoisotopic (exact) mass is 290 g/mol. The number of ether oxygens (including phenoxy) is 1. The summed E-state index contributed by atoms with van der Waals surface area (Å²) in [4.78, 5) is 10.4. The highest BCUT2D eigenvalue weighted by Crippen LogP contribution is 2.24. The first kappa shape index (κ1) is 14.8. The predicted octanol–water partition coefficient (Wildman–Crippen LogP) is 3.66. The maximum absolute atomic E-state index is 13.6. The Morgan fingerprint density at radius 2 is 2.05 bits per heavy atom. The second-order valence-corrected chi connectivity index (χ2v) is 4.63. The molecule has 0 bridgehead atoms. The van der Waals surface area contributed by atoms with Crippen molar-refractivity contribution in [2.75, 3.05) is 12.4 Å². The molecular formula is C15H15FN2O3. The van der Waals surface area contributed by atoms with Crippen molar-refractivity contribution in [3.63, 3.8) is 0 Å². The topological polar surface area (TPSA) is 64.4 Å². The lowest BCUT2D eigenvalue weighted by molar-refractivity contribution is -0.385. The third-order valence-electron chi connectivity index (χ3n) is 3.00. The largest absolute Gasteiger partial charge is 0.496 e. The van der Waals surface area contributed by atoms with Crippen molar-refractivity contribution in [2.45, 2.75) is 13.5 Å². The minimum Gasteiger partial charge on any atom is -0.496 e. The first-order valence-corrected chi connectivity index (χ1v) is 6.32. The van der Waals surface area contributed by atoms with Gasteiger partial charge in [0.2, 0.25) is 0 Å². The molecular weight excluding hydrogens is 275 g/mol. The Kier molecular flexibility index (Phi) is 4.37. The van der Waals surface area contributed by atoms with Gasteiger partial charge in [0.05, 0.1) is 23.8 Å². The lowest BCUT2D eigenvalue weighted by Crippen LogP contribution is -2.03. The van der Waals surface area contributed by atoms with Crippen LogP contribution >= 0.6 is 0 Å². The van der Waals surface area contributed by atoms with Gasteiger partial charge in [0, 0.05) is 12.6 Å². The van der Waals surface area contributed by atoms with Crippen LogP contribution in [0.15, 0.2) is 36.4 Å².